The zero-order valence-electron chi connectivity index (χ0n) is 20.4. The number of rotatable bonds is 14. The van der Waals surface area contributed by atoms with E-state index in [4.69, 9.17) is 4.84 Å². The number of hydroxylamine groups is 2. The van der Waals surface area contributed by atoms with Gasteiger partial charge in [-0.05, 0) is 55.6 Å². The molecule has 0 bridgehead atoms. The molecule has 0 fully saturated rings. The van der Waals surface area contributed by atoms with Gasteiger partial charge in [0.2, 0.25) is 0 Å². The normalized spacial score (nSPS) is 14.0. The molecule has 0 spiro atoms. The van der Waals surface area contributed by atoms with Crippen molar-refractivity contribution in [3.8, 4) is 0 Å². The summed E-state index contributed by atoms with van der Waals surface area (Å²) in [5.74, 6) is 0.427. The van der Waals surface area contributed by atoms with Crippen molar-refractivity contribution in [2.75, 3.05) is 0 Å². The van der Waals surface area contributed by atoms with Gasteiger partial charge in [-0.15, -0.1) is 6.58 Å². The lowest BCUT2D eigenvalue weighted by Crippen LogP contribution is -2.51. The third-order valence-corrected chi connectivity index (χ3v) is 6.75. The molecule has 170 valence electrons. The average molecular weight is 422 g/mol. The van der Waals surface area contributed by atoms with E-state index >= 15 is 0 Å². The summed E-state index contributed by atoms with van der Waals surface area (Å²) < 4.78 is 0. The molecule has 0 amide bonds. The van der Waals surface area contributed by atoms with Gasteiger partial charge in [0.25, 0.3) is 0 Å². The standard InChI is InChI=1S/C29H43NO/c1-7-11-14-23-27(25-19-15-12-16-20-25)31-30(29(8-2,9-3)10-4)28(24(5)6)26-21-17-13-18-22-26/h7,12-13,15-22,24,27-28H,1,8-11,14,23H2,2-6H3. The van der Waals surface area contributed by atoms with Gasteiger partial charge in [-0.2, -0.15) is 5.06 Å². The fourth-order valence-electron chi connectivity index (χ4n) is 4.66. The van der Waals surface area contributed by atoms with Gasteiger partial charge in [0, 0.05) is 5.54 Å². The molecule has 2 rings (SSSR count). The van der Waals surface area contributed by atoms with Crippen LogP contribution >= 0.6 is 0 Å². The Balaban J connectivity index is 2.52. The number of unbranched alkanes of at least 4 members (excludes halogenated alkanes) is 1. The fraction of sp³-hybridized carbons (Fsp3) is 0.517. The minimum Gasteiger partial charge on any atom is -0.290 e. The third-order valence-electron chi connectivity index (χ3n) is 6.75. The lowest BCUT2D eigenvalue weighted by atomic mass is 9.84. The first-order chi connectivity index (χ1) is 15.0. The average Bonchev–Trinajstić information content (AvgIpc) is 2.81. The van der Waals surface area contributed by atoms with Crippen LogP contribution in [-0.2, 0) is 4.84 Å². The Hall–Kier alpha value is -1.90. The van der Waals surface area contributed by atoms with Crippen LogP contribution in [0.3, 0.4) is 0 Å². The van der Waals surface area contributed by atoms with Crippen LogP contribution in [0, 0.1) is 5.92 Å². The Morgan fingerprint density at radius 3 is 1.84 bits per heavy atom. The highest BCUT2D eigenvalue weighted by atomic mass is 16.7. The second kappa shape index (κ2) is 12.8. The maximum absolute atomic E-state index is 7.10. The lowest BCUT2D eigenvalue weighted by Gasteiger charge is -2.48. The zero-order chi connectivity index (χ0) is 22.7. The molecule has 0 aliphatic carbocycles. The van der Waals surface area contributed by atoms with Crippen molar-refractivity contribution >= 4 is 0 Å². The largest absolute Gasteiger partial charge is 0.290 e. The van der Waals surface area contributed by atoms with Crippen LogP contribution < -0.4 is 0 Å². The smallest absolute Gasteiger partial charge is 0.104 e. The van der Waals surface area contributed by atoms with Gasteiger partial charge >= 0.3 is 0 Å². The van der Waals surface area contributed by atoms with Crippen molar-refractivity contribution in [2.24, 2.45) is 5.92 Å². The SMILES string of the molecule is C=CCCCC(ON(C(c1ccccc1)C(C)C)C(CC)(CC)CC)c1ccccc1. The monoisotopic (exact) mass is 421 g/mol. The molecule has 0 aliphatic rings. The highest BCUT2D eigenvalue weighted by molar-refractivity contribution is 5.21. The molecule has 0 aromatic heterocycles. The Bertz CT molecular complexity index is 728. The predicted octanol–water partition coefficient (Wildman–Crippen LogP) is 8.68. The Labute approximate surface area is 191 Å². The second-order valence-electron chi connectivity index (χ2n) is 8.93. The third kappa shape index (κ3) is 6.54. The molecular weight excluding hydrogens is 378 g/mol. The summed E-state index contributed by atoms with van der Waals surface area (Å²) in [6.07, 6.45) is 8.30. The minimum absolute atomic E-state index is 0.00372. The molecule has 2 aromatic carbocycles. The van der Waals surface area contributed by atoms with Crippen LogP contribution in [-0.4, -0.2) is 10.6 Å². The molecular formula is C29H43NO. The number of hydrogen-bond donors (Lipinski definition) is 0. The Kier molecular flexibility index (Phi) is 10.5. The fourth-order valence-corrected chi connectivity index (χ4v) is 4.66. The van der Waals surface area contributed by atoms with Crippen molar-refractivity contribution in [2.45, 2.75) is 90.8 Å². The first-order valence-corrected chi connectivity index (χ1v) is 12.2. The Morgan fingerprint density at radius 2 is 1.39 bits per heavy atom. The first-order valence-electron chi connectivity index (χ1n) is 12.2. The minimum atomic E-state index is -0.00372. The van der Waals surface area contributed by atoms with E-state index in [0.717, 1.165) is 38.5 Å². The quantitative estimate of drug-likeness (QED) is 0.172. The van der Waals surface area contributed by atoms with E-state index in [-0.39, 0.29) is 17.7 Å². The first kappa shape index (κ1) is 25.4. The van der Waals surface area contributed by atoms with Crippen LogP contribution in [0.15, 0.2) is 73.3 Å². The molecule has 0 heterocycles. The van der Waals surface area contributed by atoms with E-state index < -0.39 is 0 Å². The lowest BCUT2D eigenvalue weighted by molar-refractivity contribution is -0.291. The zero-order valence-corrected chi connectivity index (χ0v) is 20.4. The van der Waals surface area contributed by atoms with E-state index in [9.17, 15) is 0 Å². The summed E-state index contributed by atoms with van der Waals surface area (Å²) in [6.45, 7) is 15.5. The number of hydrogen-bond acceptors (Lipinski definition) is 2. The Morgan fingerprint density at radius 1 is 0.871 bits per heavy atom. The van der Waals surface area contributed by atoms with Gasteiger partial charge < -0.3 is 0 Å². The molecule has 0 saturated carbocycles. The molecule has 0 saturated heterocycles. The number of benzene rings is 2. The van der Waals surface area contributed by atoms with Crippen molar-refractivity contribution in [3.63, 3.8) is 0 Å². The summed E-state index contributed by atoms with van der Waals surface area (Å²) >= 11 is 0. The van der Waals surface area contributed by atoms with Gasteiger partial charge in [0.05, 0.1) is 6.04 Å². The maximum Gasteiger partial charge on any atom is 0.104 e. The van der Waals surface area contributed by atoms with E-state index in [1.54, 1.807) is 0 Å². The van der Waals surface area contributed by atoms with Crippen LogP contribution in [0.25, 0.3) is 0 Å². The van der Waals surface area contributed by atoms with Crippen molar-refractivity contribution < 1.29 is 4.84 Å². The topological polar surface area (TPSA) is 12.5 Å². The van der Waals surface area contributed by atoms with Crippen LogP contribution in [0.2, 0.25) is 0 Å². The summed E-state index contributed by atoms with van der Waals surface area (Å²) in [4.78, 5) is 7.10. The molecule has 2 nitrogen and oxygen atoms in total. The van der Waals surface area contributed by atoms with E-state index in [1.807, 2.05) is 6.08 Å². The van der Waals surface area contributed by atoms with Crippen LogP contribution in [0.5, 0.6) is 0 Å². The summed E-state index contributed by atoms with van der Waals surface area (Å²) in [6, 6.07) is 21.8. The molecule has 2 aromatic rings. The van der Waals surface area contributed by atoms with Gasteiger partial charge in [-0.25, -0.2) is 0 Å². The van der Waals surface area contributed by atoms with Crippen molar-refractivity contribution in [1.29, 1.82) is 0 Å². The molecule has 2 unspecified atom stereocenters. The van der Waals surface area contributed by atoms with Gasteiger partial charge in [0.15, 0.2) is 0 Å². The predicted molar refractivity (Wildman–Crippen MR) is 134 cm³/mol. The highest BCUT2D eigenvalue weighted by Gasteiger charge is 2.41. The van der Waals surface area contributed by atoms with E-state index in [2.05, 4.69) is 107 Å². The second-order valence-corrected chi connectivity index (χ2v) is 8.93. The molecule has 0 N–H and O–H groups in total. The van der Waals surface area contributed by atoms with E-state index in [0.29, 0.717) is 5.92 Å². The van der Waals surface area contributed by atoms with Crippen LogP contribution in [0.4, 0.5) is 0 Å². The maximum atomic E-state index is 7.10. The summed E-state index contributed by atoms with van der Waals surface area (Å²) in [5, 5.41) is 2.40. The molecule has 2 atom stereocenters. The number of allylic oxidation sites excluding steroid dienone is 1. The van der Waals surface area contributed by atoms with Gasteiger partial charge in [0.1, 0.15) is 6.10 Å². The highest BCUT2D eigenvalue weighted by Crippen LogP contribution is 2.42. The van der Waals surface area contributed by atoms with E-state index in [1.165, 1.54) is 11.1 Å². The van der Waals surface area contributed by atoms with Gasteiger partial charge in [-0.1, -0.05) is 101 Å². The molecule has 31 heavy (non-hydrogen) atoms. The van der Waals surface area contributed by atoms with Crippen LogP contribution in [0.1, 0.15) is 96.4 Å². The van der Waals surface area contributed by atoms with Gasteiger partial charge in [-0.3, -0.25) is 4.84 Å². The molecule has 0 radical (unpaired) electrons. The number of nitrogens with zero attached hydrogens (tertiary/aromatic N) is 1. The van der Waals surface area contributed by atoms with Crippen molar-refractivity contribution in [3.05, 3.63) is 84.4 Å². The molecule has 2 heteroatoms. The summed E-state index contributed by atoms with van der Waals surface area (Å²) in [5.41, 5.74) is 2.58. The van der Waals surface area contributed by atoms with Crippen molar-refractivity contribution in [1.82, 2.24) is 5.06 Å². The summed E-state index contributed by atoms with van der Waals surface area (Å²) in [7, 11) is 0. The molecule has 0 aliphatic heterocycles.